The Kier molecular flexibility index (Phi) is 3.55. The Bertz CT molecular complexity index is 465. The molecule has 1 N–H and O–H groups in total. The molecular weight excluding hydrogens is 214 g/mol. The highest BCUT2D eigenvalue weighted by atomic mass is 16.1. The summed E-state index contributed by atoms with van der Waals surface area (Å²) in [6, 6.07) is 9.28. The molecule has 4 heteroatoms. The molecule has 0 unspecified atom stereocenters. The first kappa shape index (κ1) is 11.4. The monoisotopic (exact) mass is 229 g/mol. The predicted octanol–water partition coefficient (Wildman–Crippen LogP) is 1.70. The fourth-order valence-electron chi connectivity index (χ4n) is 1.65. The van der Waals surface area contributed by atoms with Gasteiger partial charge in [0.05, 0.1) is 6.33 Å². The second-order valence-electron chi connectivity index (χ2n) is 4.00. The van der Waals surface area contributed by atoms with Crippen LogP contribution in [0.25, 0.3) is 0 Å². The Morgan fingerprint density at radius 2 is 2.18 bits per heavy atom. The van der Waals surface area contributed by atoms with Gasteiger partial charge in [0, 0.05) is 30.5 Å². The van der Waals surface area contributed by atoms with Crippen LogP contribution in [0.1, 0.15) is 17.3 Å². The number of amides is 1. The Labute approximate surface area is 100 Å². The lowest BCUT2D eigenvalue weighted by Gasteiger charge is -2.14. The van der Waals surface area contributed by atoms with Crippen molar-refractivity contribution in [2.45, 2.75) is 19.5 Å². The third-order valence-electron chi connectivity index (χ3n) is 2.46. The van der Waals surface area contributed by atoms with Gasteiger partial charge in [-0.25, -0.2) is 4.98 Å². The zero-order chi connectivity index (χ0) is 12.1. The van der Waals surface area contributed by atoms with Crippen LogP contribution in [0.5, 0.6) is 0 Å². The van der Waals surface area contributed by atoms with Gasteiger partial charge in [0.15, 0.2) is 0 Å². The lowest BCUT2D eigenvalue weighted by molar-refractivity contribution is 0.0936. The number of carbonyl (C=O) groups excluding carboxylic acids is 1. The topological polar surface area (TPSA) is 46.9 Å². The second kappa shape index (κ2) is 5.30. The minimum absolute atomic E-state index is 0.0433. The van der Waals surface area contributed by atoms with Gasteiger partial charge in [-0.1, -0.05) is 18.2 Å². The van der Waals surface area contributed by atoms with Gasteiger partial charge in [-0.3, -0.25) is 4.79 Å². The number of hydrogen-bond donors (Lipinski definition) is 1. The van der Waals surface area contributed by atoms with E-state index in [-0.39, 0.29) is 11.9 Å². The molecule has 2 aromatic rings. The van der Waals surface area contributed by atoms with Gasteiger partial charge in [-0.2, -0.15) is 0 Å². The van der Waals surface area contributed by atoms with E-state index >= 15 is 0 Å². The van der Waals surface area contributed by atoms with E-state index in [1.165, 1.54) is 0 Å². The molecule has 0 aliphatic rings. The molecule has 0 saturated heterocycles. The van der Waals surface area contributed by atoms with Crippen LogP contribution in [0.15, 0.2) is 49.1 Å². The van der Waals surface area contributed by atoms with Crippen molar-refractivity contribution in [1.82, 2.24) is 14.9 Å². The molecule has 1 atom stereocenters. The van der Waals surface area contributed by atoms with Crippen molar-refractivity contribution in [1.29, 1.82) is 0 Å². The standard InChI is InChI=1S/C13H15N3O/c1-11(9-16-8-7-14-10-16)15-13(17)12-5-3-2-4-6-12/h2-8,10-11H,9H2,1H3,(H,15,17)/t11-/m0/s1. The number of benzene rings is 1. The summed E-state index contributed by atoms with van der Waals surface area (Å²) in [7, 11) is 0. The fraction of sp³-hybridized carbons (Fsp3) is 0.231. The van der Waals surface area contributed by atoms with Crippen LogP contribution in [-0.4, -0.2) is 21.5 Å². The molecule has 0 aliphatic carbocycles. The molecular formula is C13H15N3O. The normalized spacial score (nSPS) is 12.1. The van der Waals surface area contributed by atoms with Crippen LogP contribution in [0.3, 0.4) is 0 Å². The molecule has 88 valence electrons. The van der Waals surface area contributed by atoms with Crippen LogP contribution in [0, 0.1) is 0 Å². The first-order chi connectivity index (χ1) is 8.25. The van der Waals surface area contributed by atoms with E-state index < -0.39 is 0 Å². The first-order valence-corrected chi connectivity index (χ1v) is 5.57. The minimum Gasteiger partial charge on any atom is -0.348 e. The smallest absolute Gasteiger partial charge is 0.251 e. The quantitative estimate of drug-likeness (QED) is 0.867. The molecule has 0 bridgehead atoms. The lowest BCUT2D eigenvalue weighted by Crippen LogP contribution is -2.35. The third-order valence-corrected chi connectivity index (χ3v) is 2.46. The van der Waals surface area contributed by atoms with Crippen molar-refractivity contribution in [3.8, 4) is 0 Å². The number of nitrogens with one attached hydrogen (secondary N) is 1. The average molecular weight is 229 g/mol. The summed E-state index contributed by atoms with van der Waals surface area (Å²) in [6.45, 7) is 2.69. The van der Waals surface area contributed by atoms with Crippen molar-refractivity contribution in [3.63, 3.8) is 0 Å². The maximum Gasteiger partial charge on any atom is 0.251 e. The fourth-order valence-corrected chi connectivity index (χ4v) is 1.65. The van der Waals surface area contributed by atoms with Crippen molar-refractivity contribution in [3.05, 3.63) is 54.6 Å². The number of aromatic nitrogens is 2. The number of rotatable bonds is 4. The van der Waals surface area contributed by atoms with Gasteiger partial charge in [0.1, 0.15) is 0 Å². The van der Waals surface area contributed by atoms with Crippen LogP contribution in [0.4, 0.5) is 0 Å². The molecule has 0 fully saturated rings. The van der Waals surface area contributed by atoms with Gasteiger partial charge in [0.2, 0.25) is 0 Å². The van der Waals surface area contributed by atoms with E-state index in [9.17, 15) is 4.79 Å². The molecule has 0 spiro atoms. The van der Waals surface area contributed by atoms with Crippen LogP contribution in [0.2, 0.25) is 0 Å². The van der Waals surface area contributed by atoms with Crippen LogP contribution in [-0.2, 0) is 6.54 Å². The van der Waals surface area contributed by atoms with Crippen molar-refractivity contribution in [2.24, 2.45) is 0 Å². The molecule has 1 aromatic carbocycles. The van der Waals surface area contributed by atoms with Crippen LogP contribution < -0.4 is 5.32 Å². The number of carbonyl (C=O) groups is 1. The Morgan fingerprint density at radius 1 is 1.41 bits per heavy atom. The van der Waals surface area contributed by atoms with E-state index in [1.54, 1.807) is 24.7 Å². The van der Waals surface area contributed by atoms with Crippen molar-refractivity contribution >= 4 is 5.91 Å². The van der Waals surface area contributed by atoms with E-state index in [2.05, 4.69) is 10.3 Å². The molecule has 0 aliphatic heterocycles. The summed E-state index contributed by atoms with van der Waals surface area (Å²) in [5, 5.41) is 2.95. The maximum atomic E-state index is 11.8. The summed E-state index contributed by atoms with van der Waals surface area (Å²) in [5.74, 6) is -0.0433. The van der Waals surface area contributed by atoms with Crippen molar-refractivity contribution in [2.75, 3.05) is 0 Å². The second-order valence-corrected chi connectivity index (χ2v) is 4.00. The summed E-state index contributed by atoms with van der Waals surface area (Å²) in [4.78, 5) is 15.8. The number of imidazole rings is 1. The van der Waals surface area contributed by atoms with Crippen LogP contribution >= 0.6 is 0 Å². The van der Waals surface area contributed by atoms with E-state index in [0.29, 0.717) is 5.56 Å². The first-order valence-electron chi connectivity index (χ1n) is 5.57. The van der Waals surface area contributed by atoms with Gasteiger partial charge < -0.3 is 9.88 Å². The highest BCUT2D eigenvalue weighted by Gasteiger charge is 2.09. The van der Waals surface area contributed by atoms with E-state index in [1.807, 2.05) is 35.9 Å². The Balaban J connectivity index is 1.91. The number of hydrogen-bond acceptors (Lipinski definition) is 2. The molecule has 2 rings (SSSR count). The van der Waals surface area contributed by atoms with Gasteiger partial charge in [0.25, 0.3) is 5.91 Å². The zero-order valence-corrected chi connectivity index (χ0v) is 9.71. The highest BCUT2D eigenvalue weighted by Crippen LogP contribution is 1.99. The minimum atomic E-state index is -0.0433. The molecule has 1 heterocycles. The molecule has 0 radical (unpaired) electrons. The summed E-state index contributed by atoms with van der Waals surface area (Å²) in [5.41, 5.74) is 0.685. The summed E-state index contributed by atoms with van der Waals surface area (Å²) >= 11 is 0. The predicted molar refractivity (Wildman–Crippen MR) is 65.6 cm³/mol. The highest BCUT2D eigenvalue weighted by molar-refractivity contribution is 5.94. The third kappa shape index (κ3) is 3.17. The summed E-state index contributed by atoms with van der Waals surface area (Å²) in [6.07, 6.45) is 5.35. The van der Waals surface area contributed by atoms with Crippen molar-refractivity contribution < 1.29 is 4.79 Å². The van der Waals surface area contributed by atoms with Gasteiger partial charge in [-0.15, -0.1) is 0 Å². The molecule has 17 heavy (non-hydrogen) atoms. The largest absolute Gasteiger partial charge is 0.348 e. The van der Waals surface area contributed by atoms with E-state index in [0.717, 1.165) is 6.54 Å². The SMILES string of the molecule is C[C@@H](Cn1ccnc1)NC(=O)c1ccccc1. The number of nitrogens with zero attached hydrogens (tertiary/aromatic N) is 2. The lowest BCUT2D eigenvalue weighted by atomic mass is 10.2. The Hall–Kier alpha value is -2.10. The average Bonchev–Trinajstić information content (AvgIpc) is 2.82. The van der Waals surface area contributed by atoms with E-state index in [4.69, 9.17) is 0 Å². The van der Waals surface area contributed by atoms with Gasteiger partial charge in [-0.05, 0) is 19.1 Å². The van der Waals surface area contributed by atoms with Gasteiger partial charge >= 0.3 is 0 Å². The maximum absolute atomic E-state index is 11.8. The molecule has 1 amide bonds. The zero-order valence-electron chi connectivity index (χ0n) is 9.71. The Morgan fingerprint density at radius 3 is 2.82 bits per heavy atom. The molecule has 0 saturated carbocycles. The summed E-state index contributed by atoms with van der Waals surface area (Å²) < 4.78 is 1.94. The molecule has 4 nitrogen and oxygen atoms in total. The molecule has 1 aromatic heterocycles.